The molecule has 0 heterocycles. The minimum absolute atomic E-state index is 0.0294. The van der Waals surface area contributed by atoms with Crippen LogP contribution in [0.15, 0.2) is 18.2 Å². The fourth-order valence-corrected chi connectivity index (χ4v) is 0.940. The molecule has 5 heteroatoms. The molecule has 0 unspecified atom stereocenters. The summed E-state index contributed by atoms with van der Waals surface area (Å²) in [6.45, 7) is -0.0685. The lowest BCUT2D eigenvalue weighted by Crippen LogP contribution is -2.07. The molecular formula is C8H11NO4. The van der Waals surface area contributed by atoms with Gasteiger partial charge in [-0.1, -0.05) is 17.8 Å². The Bertz CT molecular complexity index is 277. The van der Waals surface area contributed by atoms with Gasteiger partial charge in [-0.05, 0) is 11.6 Å². The van der Waals surface area contributed by atoms with E-state index in [1.54, 1.807) is 12.1 Å². The van der Waals surface area contributed by atoms with E-state index < -0.39 is 0 Å². The monoisotopic (exact) mass is 185 g/mol. The standard InChI is InChI=1S/C8H11NO4/c10-4-6-1-2-7(5-13-9-12)8(11)3-6/h1-3,9-12H,4-5H2. The van der Waals surface area contributed by atoms with Crippen LogP contribution in [-0.2, 0) is 18.1 Å². The fraction of sp³-hybridized carbons (Fsp3) is 0.250. The first-order valence-corrected chi connectivity index (χ1v) is 3.70. The van der Waals surface area contributed by atoms with Crippen LogP contribution < -0.4 is 5.64 Å². The van der Waals surface area contributed by atoms with Crippen molar-refractivity contribution in [1.29, 1.82) is 0 Å². The summed E-state index contributed by atoms with van der Waals surface area (Å²) in [7, 11) is 0. The van der Waals surface area contributed by atoms with Crippen molar-refractivity contribution in [3.63, 3.8) is 0 Å². The first-order valence-electron chi connectivity index (χ1n) is 3.70. The van der Waals surface area contributed by atoms with Crippen molar-refractivity contribution in [2.24, 2.45) is 0 Å². The van der Waals surface area contributed by atoms with Crippen molar-refractivity contribution in [3.8, 4) is 5.75 Å². The van der Waals surface area contributed by atoms with Crippen LogP contribution in [0.4, 0.5) is 0 Å². The number of hydrogen-bond donors (Lipinski definition) is 4. The molecule has 0 aliphatic heterocycles. The number of aliphatic hydroxyl groups is 1. The fourth-order valence-electron chi connectivity index (χ4n) is 0.940. The van der Waals surface area contributed by atoms with Gasteiger partial charge in [0.05, 0.1) is 13.2 Å². The Labute approximate surface area is 75.1 Å². The zero-order valence-electron chi connectivity index (χ0n) is 6.90. The molecule has 13 heavy (non-hydrogen) atoms. The van der Waals surface area contributed by atoms with Gasteiger partial charge in [-0.25, -0.2) is 0 Å². The summed E-state index contributed by atoms with van der Waals surface area (Å²) in [5.74, 6) is 0.0294. The van der Waals surface area contributed by atoms with Crippen molar-refractivity contribution < 1.29 is 20.3 Å². The molecule has 5 nitrogen and oxygen atoms in total. The third kappa shape index (κ3) is 2.67. The number of hydrogen-bond acceptors (Lipinski definition) is 5. The Hall–Kier alpha value is -1.14. The van der Waals surface area contributed by atoms with E-state index in [0.717, 1.165) is 0 Å². The zero-order chi connectivity index (χ0) is 9.68. The number of nitrogens with one attached hydrogen (secondary N) is 1. The van der Waals surface area contributed by atoms with Gasteiger partial charge in [0.25, 0.3) is 0 Å². The lowest BCUT2D eigenvalue weighted by Gasteiger charge is -2.05. The van der Waals surface area contributed by atoms with E-state index in [4.69, 9.17) is 10.3 Å². The molecule has 0 fully saturated rings. The second kappa shape index (κ2) is 4.78. The smallest absolute Gasteiger partial charge is 0.121 e. The summed E-state index contributed by atoms with van der Waals surface area (Å²) in [6.07, 6.45) is 0. The number of aromatic hydroxyl groups is 1. The third-order valence-electron chi connectivity index (χ3n) is 1.62. The van der Waals surface area contributed by atoms with Crippen molar-refractivity contribution in [3.05, 3.63) is 29.3 Å². The average Bonchev–Trinajstić information content (AvgIpc) is 2.16. The van der Waals surface area contributed by atoms with Crippen LogP contribution in [0.5, 0.6) is 5.75 Å². The number of phenolic OH excluding ortho intramolecular Hbond substituents is 1. The SMILES string of the molecule is OCc1ccc(CONO)c(O)c1. The third-order valence-corrected chi connectivity index (χ3v) is 1.62. The van der Waals surface area contributed by atoms with Crippen LogP contribution in [0.2, 0.25) is 0 Å². The van der Waals surface area contributed by atoms with Crippen LogP contribution in [-0.4, -0.2) is 15.4 Å². The molecule has 0 atom stereocenters. The maximum atomic E-state index is 9.35. The van der Waals surface area contributed by atoms with Crippen molar-refractivity contribution in [2.45, 2.75) is 13.2 Å². The number of benzene rings is 1. The molecule has 1 rings (SSSR count). The minimum Gasteiger partial charge on any atom is -0.508 e. The largest absolute Gasteiger partial charge is 0.508 e. The Morgan fingerprint density at radius 3 is 2.69 bits per heavy atom. The molecule has 0 saturated heterocycles. The maximum Gasteiger partial charge on any atom is 0.121 e. The van der Waals surface area contributed by atoms with E-state index in [0.29, 0.717) is 11.1 Å². The van der Waals surface area contributed by atoms with Crippen LogP contribution in [0, 0.1) is 0 Å². The van der Waals surface area contributed by atoms with Gasteiger partial charge in [-0.15, -0.1) is 0 Å². The minimum atomic E-state index is -0.118. The highest BCUT2D eigenvalue weighted by Gasteiger charge is 2.01. The lowest BCUT2D eigenvalue weighted by atomic mass is 10.1. The van der Waals surface area contributed by atoms with Crippen LogP contribution in [0.3, 0.4) is 0 Å². The van der Waals surface area contributed by atoms with Crippen LogP contribution in [0.1, 0.15) is 11.1 Å². The van der Waals surface area contributed by atoms with E-state index in [1.807, 2.05) is 0 Å². The highest BCUT2D eigenvalue weighted by Crippen LogP contribution is 2.19. The second-order valence-corrected chi connectivity index (χ2v) is 2.50. The Morgan fingerprint density at radius 2 is 2.15 bits per heavy atom. The summed E-state index contributed by atoms with van der Waals surface area (Å²) in [5.41, 5.74) is 2.66. The maximum absolute atomic E-state index is 9.35. The molecule has 0 aromatic heterocycles. The van der Waals surface area contributed by atoms with Crippen molar-refractivity contribution >= 4 is 0 Å². The predicted octanol–water partition coefficient (Wildman–Crippen LogP) is 0.295. The quantitative estimate of drug-likeness (QED) is 0.507. The van der Waals surface area contributed by atoms with E-state index in [9.17, 15) is 5.11 Å². The zero-order valence-corrected chi connectivity index (χ0v) is 6.90. The van der Waals surface area contributed by atoms with Gasteiger partial charge < -0.3 is 10.2 Å². The Morgan fingerprint density at radius 1 is 1.38 bits per heavy atom. The summed E-state index contributed by atoms with van der Waals surface area (Å²) >= 11 is 0. The molecule has 0 spiro atoms. The topological polar surface area (TPSA) is 82.0 Å². The second-order valence-electron chi connectivity index (χ2n) is 2.50. The van der Waals surface area contributed by atoms with Gasteiger partial charge in [0, 0.05) is 5.56 Å². The van der Waals surface area contributed by atoms with Gasteiger partial charge in [0.15, 0.2) is 0 Å². The molecule has 0 saturated carbocycles. The Kier molecular flexibility index (Phi) is 3.66. The van der Waals surface area contributed by atoms with E-state index in [2.05, 4.69) is 4.84 Å². The molecule has 0 aliphatic rings. The molecule has 4 N–H and O–H groups in total. The molecule has 72 valence electrons. The number of phenols is 1. The average molecular weight is 185 g/mol. The first kappa shape index (κ1) is 9.94. The number of rotatable bonds is 4. The summed E-state index contributed by atoms with van der Waals surface area (Å²) in [6, 6.07) is 4.71. The van der Waals surface area contributed by atoms with Crippen LogP contribution in [0.25, 0.3) is 0 Å². The summed E-state index contributed by atoms with van der Waals surface area (Å²) < 4.78 is 0. The lowest BCUT2D eigenvalue weighted by molar-refractivity contribution is -0.136. The molecule has 0 radical (unpaired) electrons. The summed E-state index contributed by atoms with van der Waals surface area (Å²) in [4.78, 5) is 4.46. The highest BCUT2D eigenvalue weighted by molar-refractivity contribution is 5.35. The molecule has 1 aromatic rings. The highest BCUT2D eigenvalue weighted by atomic mass is 16.8. The van der Waals surface area contributed by atoms with Gasteiger partial charge in [-0.2, -0.15) is 0 Å². The van der Waals surface area contributed by atoms with Crippen LogP contribution >= 0.6 is 0 Å². The number of aliphatic hydroxyl groups excluding tert-OH is 1. The van der Waals surface area contributed by atoms with Gasteiger partial charge in [0.2, 0.25) is 0 Å². The van der Waals surface area contributed by atoms with E-state index >= 15 is 0 Å². The van der Waals surface area contributed by atoms with E-state index in [1.165, 1.54) is 11.7 Å². The normalized spacial score (nSPS) is 10.3. The molecule has 0 bridgehead atoms. The predicted molar refractivity (Wildman–Crippen MR) is 43.7 cm³/mol. The Balaban J connectivity index is 2.73. The molecule has 0 amide bonds. The van der Waals surface area contributed by atoms with Gasteiger partial charge in [-0.3, -0.25) is 10.0 Å². The molecular weight excluding hydrogens is 174 g/mol. The van der Waals surface area contributed by atoms with Gasteiger partial charge >= 0.3 is 0 Å². The summed E-state index contributed by atoms with van der Waals surface area (Å²) in [5, 5.41) is 26.2. The molecule has 1 aromatic carbocycles. The first-order chi connectivity index (χ1) is 6.27. The van der Waals surface area contributed by atoms with Crippen molar-refractivity contribution in [2.75, 3.05) is 0 Å². The molecule has 0 aliphatic carbocycles. The van der Waals surface area contributed by atoms with Crippen molar-refractivity contribution in [1.82, 2.24) is 5.64 Å². The van der Waals surface area contributed by atoms with E-state index in [-0.39, 0.29) is 19.0 Å². The van der Waals surface area contributed by atoms with Gasteiger partial charge in [0.1, 0.15) is 5.75 Å².